The Hall–Kier alpha value is 0.310. The number of rotatable bonds is 6. The summed E-state index contributed by atoms with van der Waals surface area (Å²) < 4.78 is 0. The zero-order valence-corrected chi connectivity index (χ0v) is 8.13. The van der Waals surface area contributed by atoms with Crippen molar-refractivity contribution in [3.63, 3.8) is 0 Å². The van der Waals surface area contributed by atoms with Gasteiger partial charge in [0.1, 0.15) is 0 Å². The SMILES string of the molecule is CCCCNCC(C)SC. The first-order chi connectivity index (χ1) is 4.81. The van der Waals surface area contributed by atoms with E-state index in [-0.39, 0.29) is 0 Å². The van der Waals surface area contributed by atoms with Crippen LogP contribution in [0.2, 0.25) is 0 Å². The molecule has 2 heteroatoms. The highest BCUT2D eigenvalue weighted by Crippen LogP contribution is 2.02. The highest BCUT2D eigenvalue weighted by Gasteiger charge is 1.95. The van der Waals surface area contributed by atoms with Crippen LogP contribution in [0, 0.1) is 0 Å². The third kappa shape index (κ3) is 6.43. The van der Waals surface area contributed by atoms with E-state index in [2.05, 4.69) is 25.4 Å². The number of unbranched alkanes of at least 4 members (excludes halogenated alkanes) is 1. The van der Waals surface area contributed by atoms with Crippen molar-refractivity contribution in [1.82, 2.24) is 5.32 Å². The Balaban J connectivity index is 2.89. The second kappa shape index (κ2) is 7.42. The molecule has 0 bridgehead atoms. The Labute approximate surface area is 69.0 Å². The summed E-state index contributed by atoms with van der Waals surface area (Å²) in [6.07, 6.45) is 4.76. The molecule has 0 aromatic rings. The van der Waals surface area contributed by atoms with E-state index in [0.717, 1.165) is 11.8 Å². The van der Waals surface area contributed by atoms with Gasteiger partial charge in [0.2, 0.25) is 0 Å². The normalized spacial score (nSPS) is 13.5. The molecule has 1 N–H and O–H groups in total. The molecule has 1 unspecified atom stereocenters. The maximum absolute atomic E-state index is 3.42. The maximum Gasteiger partial charge on any atom is 0.0141 e. The summed E-state index contributed by atoms with van der Waals surface area (Å²) in [5, 5.41) is 4.18. The van der Waals surface area contributed by atoms with Gasteiger partial charge in [-0.25, -0.2) is 0 Å². The molecule has 0 aromatic heterocycles. The van der Waals surface area contributed by atoms with Gasteiger partial charge in [-0.15, -0.1) is 0 Å². The van der Waals surface area contributed by atoms with Gasteiger partial charge >= 0.3 is 0 Å². The largest absolute Gasteiger partial charge is 0.316 e. The second-order valence-corrected chi connectivity index (χ2v) is 3.88. The van der Waals surface area contributed by atoms with Gasteiger partial charge in [-0.3, -0.25) is 0 Å². The van der Waals surface area contributed by atoms with Crippen LogP contribution < -0.4 is 5.32 Å². The van der Waals surface area contributed by atoms with Gasteiger partial charge < -0.3 is 5.32 Å². The lowest BCUT2D eigenvalue weighted by Gasteiger charge is -2.08. The number of thioether (sulfide) groups is 1. The number of hydrogen-bond donors (Lipinski definition) is 1. The highest BCUT2D eigenvalue weighted by molar-refractivity contribution is 7.99. The molecule has 0 amide bonds. The van der Waals surface area contributed by atoms with Crippen molar-refractivity contribution in [2.45, 2.75) is 31.9 Å². The molecule has 0 heterocycles. The lowest BCUT2D eigenvalue weighted by Crippen LogP contribution is -2.23. The molecule has 0 aromatic carbocycles. The van der Waals surface area contributed by atoms with E-state index in [1.165, 1.54) is 19.4 Å². The Bertz CT molecular complexity index is 66.3. The molecule has 62 valence electrons. The third-order valence-corrected chi connectivity index (χ3v) is 2.51. The minimum Gasteiger partial charge on any atom is -0.316 e. The van der Waals surface area contributed by atoms with E-state index in [9.17, 15) is 0 Å². The predicted molar refractivity (Wildman–Crippen MR) is 50.8 cm³/mol. The van der Waals surface area contributed by atoms with E-state index >= 15 is 0 Å². The fourth-order valence-corrected chi connectivity index (χ4v) is 0.975. The Morgan fingerprint density at radius 1 is 1.50 bits per heavy atom. The van der Waals surface area contributed by atoms with Crippen LogP contribution in [0.5, 0.6) is 0 Å². The first-order valence-electron chi connectivity index (χ1n) is 4.04. The maximum atomic E-state index is 3.42. The fraction of sp³-hybridized carbons (Fsp3) is 1.00. The van der Waals surface area contributed by atoms with Crippen LogP contribution in [0.1, 0.15) is 26.7 Å². The van der Waals surface area contributed by atoms with Gasteiger partial charge in [0.15, 0.2) is 0 Å². The monoisotopic (exact) mass is 161 g/mol. The van der Waals surface area contributed by atoms with Crippen molar-refractivity contribution in [1.29, 1.82) is 0 Å². The van der Waals surface area contributed by atoms with Crippen molar-refractivity contribution in [2.24, 2.45) is 0 Å². The molecule has 0 saturated carbocycles. The summed E-state index contributed by atoms with van der Waals surface area (Å²) in [4.78, 5) is 0. The minimum absolute atomic E-state index is 0.761. The summed E-state index contributed by atoms with van der Waals surface area (Å²) in [5.74, 6) is 0. The molecule has 0 radical (unpaired) electrons. The van der Waals surface area contributed by atoms with Crippen molar-refractivity contribution >= 4 is 11.8 Å². The molecule has 0 spiro atoms. The Morgan fingerprint density at radius 2 is 2.20 bits per heavy atom. The third-order valence-electron chi connectivity index (χ3n) is 1.54. The molecule has 0 aliphatic heterocycles. The van der Waals surface area contributed by atoms with Crippen LogP contribution >= 0.6 is 11.8 Å². The summed E-state index contributed by atoms with van der Waals surface area (Å²) in [7, 11) is 0. The van der Waals surface area contributed by atoms with Crippen LogP contribution in [-0.4, -0.2) is 24.6 Å². The van der Waals surface area contributed by atoms with Crippen molar-refractivity contribution in [2.75, 3.05) is 19.3 Å². The van der Waals surface area contributed by atoms with Crippen LogP contribution in [0.4, 0.5) is 0 Å². The van der Waals surface area contributed by atoms with E-state index in [0.29, 0.717) is 0 Å². The molecule has 0 aliphatic rings. The molecule has 0 rings (SSSR count). The molecule has 0 fully saturated rings. The second-order valence-electron chi connectivity index (χ2n) is 2.60. The quantitative estimate of drug-likeness (QED) is 0.599. The summed E-state index contributed by atoms with van der Waals surface area (Å²) >= 11 is 1.92. The zero-order valence-electron chi connectivity index (χ0n) is 7.31. The zero-order chi connectivity index (χ0) is 7.82. The Morgan fingerprint density at radius 3 is 2.70 bits per heavy atom. The van der Waals surface area contributed by atoms with Gasteiger partial charge in [-0.1, -0.05) is 20.3 Å². The highest BCUT2D eigenvalue weighted by atomic mass is 32.2. The first kappa shape index (κ1) is 10.3. The van der Waals surface area contributed by atoms with Crippen LogP contribution in [0.3, 0.4) is 0 Å². The summed E-state index contributed by atoms with van der Waals surface area (Å²) in [6, 6.07) is 0. The fourth-order valence-electron chi connectivity index (χ4n) is 0.690. The van der Waals surface area contributed by atoms with Gasteiger partial charge in [0.25, 0.3) is 0 Å². The molecular weight excluding hydrogens is 142 g/mol. The van der Waals surface area contributed by atoms with Crippen LogP contribution in [0.15, 0.2) is 0 Å². The molecule has 1 nitrogen and oxygen atoms in total. The molecular formula is C8H19NS. The summed E-state index contributed by atoms with van der Waals surface area (Å²) in [5.41, 5.74) is 0. The van der Waals surface area contributed by atoms with Crippen molar-refractivity contribution < 1.29 is 0 Å². The average Bonchev–Trinajstić information content (AvgIpc) is 1.98. The van der Waals surface area contributed by atoms with Gasteiger partial charge in [-0.05, 0) is 19.2 Å². The van der Waals surface area contributed by atoms with Gasteiger partial charge in [0, 0.05) is 11.8 Å². The smallest absolute Gasteiger partial charge is 0.0141 e. The van der Waals surface area contributed by atoms with E-state index in [4.69, 9.17) is 0 Å². The average molecular weight is 161 g/mol. The van der Waals surface area contributed by atoms with Crippen LogP contribution in [-0.2, 0) is 0 Å². The molecule has 0 aliphatic carbocycles. The van der Waals surface area contributed by atoms with Gasteiger partial charge in [0.05, 0.1) is 0 Å². The molecule has 10 heavy (non-hydrogen) atoms. The molecule has 0 saturated heterocycles. The van der Waals surface area contributed by atoms with E-state index in [1.54, 1.807) is 0 Å². The lowest BCUT2D eigenvalue weighted by atomic mass is 10.3. The number of nitrogens with one attached hydrogen (secondary N) is 1. The van der Waals surface area contributed by atoms with Crippen molar-refractivity contribution in [3.8, 4) is 0 Å². The van der Waals surface area contributed by atoms with Crippen molar-refractivity contribution in [3.05, 3.63) is 0 Å². The van der Waals surface area contributed by atoms with E-state index in [1.807, 2.05) is 11.8 Å². The standard InChI is InChI=1S/C8H19NS/c1-4-5-6-9-7-8(2)10-3/h8-9H,4-7H2,1-3H3. The van der Waals surface area contributed by atoms with Gasteiger partial charge in [-0.2, -0.15) is 11.8 Å². The topological polar surface area (TPSA) is 12.0 Å². The predicted octanol–water partition coefficient (Wildman–Crippen LogP) is 2.13. The summed E-state index contributed by atoms with van der Waals surface area (Å²) in [6.45, 7) is 6.81. The molecule has 1 atom stereocenters. The minimum atomic E-state index is 0.761. The van der Waals surface area contributed by atoms with E-state index < -0.39 is 0 Å². The van der Waals surface area contributed by atoms with Crippen LogP contribution in [0.25, 0.3) is 0 Å². The first-order valence-corrected chi connectivity index (χ1v) is 5.33. The Kier molecular flexibility index (Phi) is 7.65. The number of hydrogen-bond acceptors (Lipinski definition) is 2. The lowest BCUT2D eigenvalue weighted by molar-refractivity contribution is 0.639.